The second-order valence-electron chi connectivity index (χ2n) is 5.56. The van der Waals surface area contributed by atoms with Crippen molar-refractivity contribution in [2.45, 2.75) is 33.1 Å². The first kappa shape index (κ1) is 16.4. The number of benzene rings is 1. The predicted octanol–water partition coefficient (Wildman–Crippen LogP) is 4.41. The van der Waals surface area contributed by atoms with Crippen molar-refractivity contribution in [3.63, 3.8) is 0 Å². The molecule has 0 radical (unpaired) electrons. The Morgan fingerprint density at radius 3 is 2.71 bits per heavy atom. The lowest BCUT2D eigenvalue weighted by Crippen LogP contribution is -2.18. The minimum atomic E-state index is -0.218. The number of aromatic nitrogens is 2. The lowest BCUT2D eigenvalue weighted by atomic mass is 10.0. The van der Waals surface area contributed by atoms with Gasteiger partial charge in [0, 0.05) is 11.3 Å². The lowest BCUT2D eigenvalue weighted by molar-refractivity contribution is -0.117. The summed E-state index contributed by atoms with van der Waals surface area (Å²) in [6.07, 6.45) is 0.704. The van der Waals surface area contributed by atoms with Gasteiger partial charge in [0.1, 0.15) is 0 Å². The number of hydrogen-bond acceptors (Lipinski definition) is 5. The molecule has 1 atom stereocenters. The van der Waals surface area contributed by atoms with Crippen molar-refractivity contribution in [2.24, 2.45) is 0 Å². The van der Waals surface area contributed by atoms with Gasteiger partial charge in [0.2, 0.25) is 11.8 Å². The van der Waals surface area contributed by atoms with Gasteiger partial charge < -0.3 is 9.73 Å². The van der Waals surface area contributed by atoms with E-state index in [9.17, 15) is 4.79 Å². The molecule has 2 aromatic heterocycles. The van der Waals surface area contributed by atoms with E-state index in [0.29, 0.717) is 18.2 Å². The molecule has 0 spiro atoms. The Hall–Kier alpha value is -2.47. The molecule has 124 valence electrons. The highest BCUT2D eigenvalue weighted by atomic mass is 32.1. The van der Waals surface area contributed by atoms with Crippen molar-refractivity contribution in [2.75, 3.05) is 5.32 Å². The van der Waals surface area contributed by atoms with Crippen LogP contribution in [0.3, 0.4) is 0 Å². The normalized spacial score (nSPS) is 12.1. The Morgan fingerprint density at radius 1 is 1.29 bits per heavy atom. The number of amides is 1. The summed E-state index contributed by atoms with van der Waals surface area (Å²) in [5.74, 6) is 0.855. The molecular weight excluding hydrogens is 322 g/mol. The van der Waals surface area contributed by atoms with Crippen molar-refractivity contribution >= 4 is 22.9 Å². The van der Waals surface area contributed by atoms with E-state index >= 15 is 0 Å². The molecule has 0 unspecified atom stereocenters. The number of thiophene rings is 1. The molecule has 0 saturated carbocycles. The van der Waals surface area contributed by atoms with E-state index in [1.54, 1.807) is 0 Å². The van der Waals surface area contributed by atoms with Gasteiger partial charge in [-0.1, -0.05) is 37.3 Å². The first-order valence-electron chi connectivity index (χ1n) is 7.87. The average molecular weight is 341 g/mol. The number of aryl methyl sites for hydroxylation is 2. The molecule has 24 heavy (non-hydrogen) atoms. The average Bonchev–Trinajstić information content (AvgIpc) is 3.22. The van der Waals surface area contributed by atoms with E-state index in [-0.39, 0.29) is 11.8 Å². The molecule has 0 aliphatic heterocycles. The monoisotopic (exact) mass is 341 g/mol. The standard InChI is InChI=1S/C18H19N3O2S/c1-4-16-20-21-18(23-16)15-10-14(12(3)24-15)19-17(22)11(2)13-8-6-5-7-9-13/h5-11H,4H2,1-3H3,(H,19,22)/t11-/m0/s1. The summed E-state index contributed by atoms with van der Waals surface area (Å²) in [5.41, 5.74) is 1.78. The smallest absolute Gasteiger partial charge is 0.257 e. The van der Waals surface area contributed by atoms with Gasteiger partial charge in [0.15, 0.2) is 0 Å². The molecule has 5 nitrogen and oxygen atoms in total. The fourth-order valence-corrected chi connectivity index (χ4v) is 3.24. The van der Waals surface area contributed by atoms with Crippen LogP contribution in [0.1, 0.15) is 36.1 Å². The molecule has 0 aliphatic carbocycles. The van der Waals surface area contributed by atoms with Gasteiger partial charge >= 0.3 is 0 Å². The Morgan fingerprint density at radius 2 is 2.04 bits per heavy atom. The summed E-state index contributed by atoms with van der Waals surface area (Å²) in [6, 6.07) is 11.6. The highest BCUT2D eigenvalue weighted by Gasteiger charge is 2.18. The molecule has 1 aromatic carbocycles. The van der Waals surface area contributed by atoms with Crippen molar-refractivity contribution in [3.05, 3.63) is 52.7 Å². The van der Waals surface area contributed by atoms with Gasteiger partial charge in [-0.2, -0.15) is 0 Å². The van der Waals surface area contributed by atoms with Crippen LogP contribution in [-0.2, 0) is 11.2 Å². The molecule has 2 heterocycles. The molecule has 3 rings (SSSR count). The van der Waals surface area contributed by atoms with Gasteiger partial charge in [-0.15, -0.1) is 21.5 Å². The molecule has 0 aliphatic rings. The third kappa shape index (κ3) is 3.38. The lowest BCUT2D eigenvalue weighted by Gasteiger charge is -2.12. The Bertz CT molecular complexity index is 839. The van der Waals surface area contributed by atoms with Gasteiger partial charge in [0.05, 0.1) is 16.5 Å². The van der Waals surface area contributed by atoms with Crippen LogP contribution in [0.4, 0.5) is 5.69 Å². The van der Waals surface area contributed by atoms with E-state index in [0.717, 1.165) is 21.0 Å². The van der Waals surface area contributed by atoms with E-state index in [1.807, 2.05) is 57.2 Å². The third-order valence-electron chi connectivity index (χ3n) is 3.85. The number of anilines is 1. The molecule has 0 fully saturated rings. The van der Waals surface area contributed by atoms with Crippen LogP contribution in [0.5, 0.6) is 0 Å². The molecule has 3 aromatic rings. The van der Waals surface area contributed by atoms with Crippen LogP contribution in [0.2, 0.25) is 0 Å². The summed E-state index contributed by atoms with van der Waals surface area (Å²) in [4.78, 5) is 14.4. The van der Waals surface area contributed by atoms with Crippen LogP contribution in [0, 0.1) is 6.92 Å². The Labute approximate surface area is 144 Å². The topological polar surface area (TPSA) is 68.0 Å². The second kappa shape index (κ2) is 6.97. The summed E-state index contributed by atoms with van der Waals surface area (Å²) in [6.45, 7) is 5.83. The van der Waals surface area contributed by atoms with Crippen molar-refractivity contribution in [1.82, 2.24) is 10.2 Å². The molecular formula is C18H19N3O2S. The van der Waals surface area contributed by atoms with Crippen molar-refractivity contribution in [3.8, 4) is 10.8 Å². The Kier molecular flexibility index (Phi) is 4.76. The minimum absolute atomic E-state index is 0.0339. The van der Waals surface area contributed by atoms with E-state index in [2.05, 4.69) is 15.5 Å². The largest absolute Gasteiger partial charge is 0.420 e. The molecule has 6 heteroatoms. The van der Waals surface area contributed by atoms with Crippen LogP contribution in [-0.4, -0.2) is 16.1 Å². The maximum absolute atomic E-state index is 12.5. The summed E-state index contributed by atoms with van der Waals surface area (Å²) in [7, 11) is 0. The van der Waals surface area contributed by atoms with Crippen LogP contribution >= 0.6 is 11.3 Å². The number of rotatable bonds is 5. The number of hydrogen-bond donors (Lipinski definition) is 1. The zero-order valence-corrected chi connectivity index (χ0v) is 14.7. The van der Waals surface area contributed by atoms with Gasteiger partial charge in [0.25, 0.3) is 5.89 Å². The van der Waals surface area contributed by atoms with Crippen molar-refractivity contribution in [1.29, 1.82) is 0 Å². The van der Waals surface area contributed by atoms with Gasteiger partial charge in [-0.05, 0) is 25.5 Å². The van der Waals surface area contributed by atoms with E-state index < -0.39 is 0 Å². The van der Waals surface area contributed by atoms with Crippen LogP contribution in [0.15, 0.2) is 40.8 Å². The second-order valence-corrected chi connectivity index (χ2v) is 6.81. The number of nitrogens with one attached hydrogen (secondary N) is 1. The highest BCUT2D eigenvalue weighted by Crippen LogP contribution is 2.34. The first-order chi connectivity index (χ1) is 11.6. The van der Waals surface area contributed by atoms with Crippen LogP contribution < -0.4 is 5.32 Å². The number of carbonyl (C=O) groups excluding carboxylic acids is 1. The third-order valence-corrected chi connectivity index (χ3v) is 4.89. The van der Waals surface area contributed by atoms with E-state index in [1.165, 1.54) is 11.3 Å². The SMILES string of the molecule is CCc1nnc(-c2cc(NC(=O)[C@@H](C)c3ccccc3)c(C)s2)o1. The molecule has 0 saturated heterocycles. The van der Waals surface area contributed by atoms with Gasteiger partial charge in [-0.3, -0.25) is 4.79 Å². The summed E-state index contributed by atoms with van der Waals surface area (Å²) >= 11 is 1.53. The molecule has 0 bridgehead atoms. The van der Waals surface area contributed by atoms with Crippen LogP contribution in [0.25, 0.3) is 10.8 Å². The maximum atomic E-state index is 12.5. The number of carbonyl (C=O) groups is 1. The highest BCUT2D eigenvalue weighted by molar-refractivity contribution is 7.15. The maximum Gasteiger partial charge on any atom is 0.257 e. The molecule has 1 N–H and O–H groups in total. The zero-order valence-electron chi connectivity index (χ0n) is 13.9. The fraction of sp³-hybridized carbons (Fsp3) is 0.278. The summed E-state index contributed by atoms with van der Waals surface area (Å²) in [5, 5.41) is 11.0. The molecule has 1 amide bonds. The van der Waals surface area contributed by atoms with E-state index in [4.69, 9.17) is 4.42 Å². The zero-order chi connectivity index (χ0) is 17.1. The Balaban J connectivity index is 1.77. The summed E-state index contributed by atoms with van der Waals surface area (Å²) < 4.78 is 5.58. The van der Waals surface area contributed by atoms with Crippen molar-refractivity contribution < 1.29 is 9.21 Å². The number of nitrogens with zero attached hydrogens (tertiary/aromatic N) is 2. The first-order valence-corrected chi connectivity index (χ1v) is 8.69. The quantitative estimate of drug-likeness (QED) is 0.746. The van der Waals surface area contributed by atoms with Gasteiger partial charge in [-0.25, -0.2) is 0 Å². The fourth-order valence-electron chi connectivity index (χ4n) is 2.34. The predicted molar refractivity (Wildman–Crippen MR) is 95.2 cm³/mol. The minimum Gasteiger partial charge on any atom is -0.420 e.